The third-order valence-electron chi connectivity index (χ3n) is 2.05. The molecular formula is C9H9F4N3O. The second-order valence-corrected chi connectivity index (χ2v) is 3.22. The van der Waals surface area contributed by atoms with Gasteiger partial charge in [-0.3, -0.25) is 9.78 Å². The molecule has 0 radical (unpaired) electrons. The normalized spacial score (nSPS) is 11.6. The standard InChI is InChI=1S/C9H9F4N3O/c1-16(6-2-3-15-4-5(6)14)8(17)9(12,13)7(10)11/h2-4,7H,14H2,1H3. The van der Waals surface area contributed by atoms with Gasteiger partial charge in [-0.1, -0.05) is 0 Å². The highest BCUT2D eigenvalue weighted by Gasteiger charge is 2.50. The third kappa shape index (κ3) is 2.45. The summed E-state index contributed by atoms with van der Waals surface area (Å²) in [4.78, 5) is 15.1. The second kappa shape index (κ2) is 4.56. The van der Waals surface area contributed by atoms with Crippen LogP contribution < -0.4 is 10.6 Å². The van der Waals surface area contributed by atoms with Gasteiger partial charge in [-0.15, -0.1) is 0 Å². The third-order valence-corrected chi connectivity index (χ3v) is 2.05. The lowest BCUT2D eigenvalue weighted by Crippen LogP contribution is -2.46. The first-order valence-electron chi connectivity index (χ1n) is 4.42. The van der Waals surface area contributed by atoms with Crippen LogP contribution in [0.1, 0.15) is 0 Å². The molecule has 0 bridgehead atoms. The summed E-state index contributed by atoms with van der Waals surface area (Å²) in [5.74, 6) is -6.77. The van der Waals surface area contributed by atoms with Crippen LogP contribution in [-0.4, -0.2) is 30.3 Å². The number of halogens is 4. The molecule has 1 amide bonds. The van der Waals surface area contributed by atoms with Gasteiger partial charge in [-0.05, 0) is 6.07 Å². The molecule has 1 rings (SSSR count). The van der Waals surface area contributed by atoms with Gasteiger partial charge in [0.25, 0.3) is 0 Å². The summed E-state index contributed by atoms with van der Waals surface area (Å²) in [6.45, 7) is 0. The Balaban J connectivity index is 3.03. The van der Waals surface area contributed by atoms with Crippen LogP contribution in [0.15, 0.2) is 18.5 Å². The molecule has 1 aromatic heterocycles. The molecule has 94 valence electrons. The maximum absolute atomic E-state index is 12.8. The van der Waals surface area contributed by atoms with Crippen molar-refractivity contribution >= 4 is 17.3 Å². The summed E-state index contributed by atoms with van der Waals surface area (Å²) in [7, 11) is 0.935. The quantitative estimate of drug-likeness (QED) is 0.829. The van der Waals surface area contributed by atoms with Crippen molar-refractivity contribution in [2.24, 2.45) is 0 Å². The molecule has 0 spiro atoms. The van der Waals surface area contributed by atoms with E-state index in [2.05, 4.69) is 4.98 Å². The Labute approximate surface area is 94.0 Å². The van der Waals surface area contributed by atoms with Crippen LogP contribution in [0.2, 0.25) is 0 Å². The van der Waals surface area contributed by atoms with E-state index in [1.807, 2.05) is 0 Å². The Morgan fingerprint density at radius 1 is 1.53 bits per heavy atom. The number of hydrogen-bond acceptors (Lipinski definition) is 3. The van der Waals surface area contributed by atoms with Gasteiger partial charge >= 0.3 is 18.3 Å². The van der Waals surface area contributed by atoms with Gasteiger partial charge in [0.05, 0.1) is 17.6 Å². The minimum absolute atomic E-state index is 0.0617. The van der Waals surface area contributed by atoms with E-state index in [1.165, 1.54) is 12.3 Å². The number of anilines is 2. The van der Waals surface area contributed by atoms with Gasteiger partial charge in [0.15, 0.2) is 0 Å². The summed E-state index contributed by atoms with van der Waals surface area (Å²) in [5.41, 5.74) is 5.22. The predicted molar refractivity (Wildman–Crippen MR) is 53.0 cm³/mol. The van der Waals surface area contributed by atoms with E-state index < -0.39 is 18.3 Å². The average molecular weight is 251 g/mol. The van der Waals surface area contributed by atoms with E-state index in [4.69, 9.17) is 5.73 Å². The van der Waals surface area contributed by atoms with Crippen molar-refractivity contribution in [1.29, 1.82) is 0 Å². The first-order chi connectivity index (χ1) is 7.78. The smallest absolute Gasteiger partial charge is 0.384 e. The highest BCUT2D eigenvalue weighted by atomic mass is 19.3. The number of aromatic nitrogens is 1. The molecule has 8 heteroatoms. The van der Waals surface area contributed by atoms with Gasteiger partial charge in [0.2, 0.25) is 0 Å². The number of amides is 1. The molecule has 0 saturated carbocycles. The van der Waals surface area contributed by atoms with Gasteiger partial charge in [0, 0.05) is 13.2 Å². The fourth-order valence-corrected chi connectivity index (χ4v) is 1.13. The molecule has 0 aliphatic carbocycles. The van der Waals surface area contributed by atoms with Crippen LogP contribution in [0.3, 0.4) is 0 Å². The van der Waals surface area contributed by atoms with Crippen LogP contribution >= 0.6 is 0 Å². The molecule has 0 aliphatic heterocycles. The maximum Gasteiger partial charge on any atom is 0.384 e. The first kappa shape index (κ1) is 13.2. The highest BCUT2D eigenvalue weighted by Crippen LogP contribution is 2.29. The lowest BCUT2D eigenvalue weighted by Gasteiger charge is -2.23. The number of hydrogen-bond donors (Lipinski definition) is 1. The number of nitrogens with two attached hydrogens (primary N) is 1. The molecule has 0 saturated heterocycles. The van der Waals surface area contributed by atoms with Gasteiger partial charge in [-0.2, -0.15) is 8.78 Å². The van der Waals surface area contributed by atoms with Gasteiger partial charge in [0.1, 0.15) is 0 Å². The molecule has 0 aliphatic rings. The Kier molecular flexibility index (Phi) is 3.54. The van der Waals surface area contributed by atoms with E-state index >= 15 is 0 Å². The van der Waals surface area contributed by atoms with Crippen molar-refractivity contribution in [2.45, 2.75) is 12.3 Å². The number of rotatable bonds is 3. The van der Waals surface area contributed by atoms with Crippen LogP contribution in [0.5, 0.6) is 0 Å². The molecule has 1 heterocycles. The molecule has 4 nitrogen and oxygen atoms in total. The predicted octanol–water partition coefficient (Wildman–Crippen LogP) is 1.53. The van der Waals surface area contributed by atoms with E-state index in [0.29, 0.717) is 4.90 Å². The molecule has 17 heavy (non-hydrogen) atoms. The fourth-order valence-electron chi connectivity index (χ4n) is 1.13. The minimum atomic E-state index is -4.75. The van der Waals surface area contributed by atoms with Crippen LogP contribution in [0.25, 0.3) is 0 Å². The maximum atomic E-state index is 12.8. The largest absolute Gasteiger partial charge is 0.396 e. The van der Waals surface area contributed by atoms with Crippen molar-refractivity contribution < 1.29 is 22.4 Å². The lowest BCUT2D eigenvalue weighted by molar-refractivity contribution is -0.166. The van der Waals surface area contributed by atoms with E-state index in [-0.39, 0.29) is 11.4 Å². The molecule has 0 aromatic carbocycles. The van der Waals surface area contributed by atoms with E-state index in [9.17, 15) is 22.4 Å². The van der Waals surface area contributed by atoms with Crippen LogP contribution in [0, 0.1) is 0 Å². The number of nitrogens with zero attached hydrogens (tertiary/aromatic N) is 2. The topological polar surface area (TPSA) is 59.2 Å². The van der Waals surface area contributed by atoms with E-state index in [1.54, 1.807) is 0 Å². The summed E-state index contributed by atoms with van der Waals surface area (Å²) >= 11 is 0. The van der Waals surface area contributed by atoms with Crippen LogP contribution in [0.4, 0.5) is 28.9 Å². The summed E-state index contributed by atoms with van der Waals surface area (Å²) in [6, 6.07) is 1.18. The monoisotopic (exact) mass is 251 g/mol. The molecular weight excluding hydrogens is 242 g/mol. The number of carbonyl (C=O) groups is 1. The molecule has 0 unspecified atom stereocenters. The number of pyridine rings is 1. The SMILES string of the molecule is CN(C(=O)C(F)(F)C(F)F)c1ccncc1N. The average Bonchev–Trinajstić information content (AvgIpc) is 2.27. The first-order valence-corrected chi connectivity index (χ1v) is 4.42. The van der Waals surface area contributed by atoms with Gasteiger partial charge in [-0.25, -0.2) is 8.78 Å². The summed E-state index contributed by atoms with van der Waals surface area (Å²) in [6.07, 6.45) is -1.74. The molecule has 0 fully saturated rings. The van der Waals surface area contributed by atoms with Crippen molar-refractivity contribution in [2.75, 3.05) is 17.7 Å². The van der Waals surface area contributed by atoms with Crippen molar-refractivity contribution in [3.8, 4) is 0 Å². The van der Waals surface area contributed by atoms with Gasteiger partial charge < -0.3 is 10.6 Å². The van der Waals surface area contributed by atoms with Crippen LogP contribution in [-0.2, 0) is 4.79 Å². The Morgan fingerprint density at radius 2 is 2.12 bits per heavy atom. The van der Waals surface area contributed by atoms with E-state index in [0.717, 1.165) is 13.2 Å². The van der Waals surface area contributed by atoms with Crippen molar-refractivity contribution in [3.05, 3.63) is 18.5 Å². The minimum Gasteiger partial charge on any atom is -0.396 e. The number of alkyl halides is 4. The zero-order valence-electron chi connectivity index (χ0n) is 8.70. The zero-order valence-corrected chi connectivity index (χ0v) is 8.70. The lowest BCUT2D eigenvalue weighted by atomic mass is 10.2. The summed E-state index contributed by atoms with van der Waals surface area (Å²) < 4.78 is 49.6. The summed E-state index contributed by atoms with van der Waals surface area (Å²) in [5, 5.41) is 0. The molecule has 1 aromatic rings. The van der Waals surface area contributed by atoms with Crippen molar-refractivity contribution in [3.63, 3.8) is 0 Å². The Hall–Kier alpha value is -1.86. The molecule has 2 N–H and O–H groups in total. The Morgan fingerprint density at radius 3 is 2.59 bits per heavy atom. The highest BCUT2D eigenvalue weighted by molar-refractivity contribution is 6.00. The zero-order chi connectivity index (χ0) is 13.2. The molecule has 0 atom stereocenters. The number of carbonyl (C=O) groups excluding carboxylic acids is 1. The van der Waals surface area contributed by atoms with Crippen molar-refractivity contribution in [1.82, 2.24) is 4.98 Å². The Bertz CT molecular complexity index is 424. The number of nitrogen functional groups attached to an aromatic ring is 1. The fraction of sp³-hybridized carbons (Fsp3) is 0.333. The second-order valence-electron chi connectivity index (χ2n) is 3.22.